The number of Topliss-reactive ketones (excluding diaryl/α,β-unsaturated/α-hetero) is 1. The summed E-state index contributed by atoms with van der Waals surface area (Å²) in [7, 11) is 5.55. The topological polar surface area (TPSA) is 90.5 Å². The lowest BCUT2D eigenvalue weighted by molar-refractivity contribution is -0.134. The SMILES string of the molecule is C[C@@H](C(=O)CC1CC(C#Cc2cnc(Nc3ccc(F)cc3)nc2NC2CC2)C1)N(C)C(=O)/C=C/CN(C)C. The van der Waals surface area contributed by atoms with E-state index in [9.17, 15) is 14.0 Å². The first-order valence-electron chi connectivity index (χ1n) is 13.5. The zero-order valence-electron chi connectivity index (χ0n) is 23.1. The third-order valence-electron chi connectivity index (χ3n) is 7.07. The highest BCUT2D eigenvalue weighted by Gasteiger charge is 2.32. The van der Waals surface area contributed by atoms with Gasteiger partial charge in [-0.1, -0.05) is 17.9 Å². The highest BCUT2D eigenvalue weighted by molar-refractivity contribution is 5.93. The van der Waals surface area contributed by atoms with E-state index in [1.54, 1.807) is 38.4 Å². The fourth-order valence-corrected chi connectivity index (χ4v) is 4.27. The first-order chi connectivity index (χ1) is 18.7. The van der Waals surface area contributed by atoms with Crippen molar-refractivity contribution in [3.63, 3.8) is 0 Å². The van der Waals surface area contributed by atoms with E-state index in [-0.39, 0.29) is 29.3 Å². The highest BCUT2D eigenvalue weighted by Crippen LogP contribution is 2.36. The first-order valence-corrected chi connectivity index (χ1v) is 13.5. The van der Waals surface area contributed by atoms with Crippen LogP contribution in [0.4, 0.5) is 21.8 Å². The van der Waals surface area contributed by atoms with E-state index in [1.165, 1.54) is 23.1 Å². The molecule has 0 saturated heterocycles. The van der Waals surface area contributed by atoms with Crippen molar-refractivity contribution in [1.29, 1.82) is 0 Å². The molecule has 1 aromatic heterocycles. The Balaban J connectivity index is 1.29. The monoisotopic (exact) mass is 532 g/mol. The third kappa shape index (κ3) is 8.36. The second-order valence-corrected chi connectivity index (χ2v) is 10.8. The lowest BCUT2D eigenvalue weighted by Crippen LogP contribution is -2.41. The molecule has 2 aromatic rings. The van der Waals surface area contributed by atoms with Gasteiger partial charge >= 0.3 is 0 Å². The number of ketones is 1. The molecule has 4 rings (SSSR count). The molecule has 2 saturated carbocycles. The number of rotatable bonds is 11. The fraction of sp³-hybridized carbons (Fsp3) is 0.467. The van der Waals surface area contributed by atoms with Crippen LogP contribution in [-0.4, -0.2) is 71.2 Å². The number of amides is 1. The maximum absolute atomic E-state index is 13.2. The van der Waals surface area contributed by atoms with Gasteiger partial charge in [-0.2, -0.15) is 4.98 Å². The second kappa shape index (κ2) is 12.9. The number of aromatic nitrogens is 2. The molecule has 2 fully saturated rings. The molecule has 8 nitrogen and oxygen atoms in total. The zero-order chi connectivity index (χ0) is 27.9. The summed E-state index contributed by atoms with van der Waals surface area (Å²) < 4.78 is 13.2. The molecule has 0 radical (unpaired) electrons. The van der Waals surface area contributed by atoms with E-state index in [0.717, 1.165) is 31.2 Å². The summed E-state index contributed by atoms with van der Waals surface area (Å²) in [6.07, 6.45) is 9.42. The molecule has 0 spiro atoms. The van der Waals surface area contributed by atoms with Gasteiger partial charge in [0, 0.05) is 43.7 Å². The molecule has 9 heteroatoms. The van der Waals surface area contributed by atoms with Crippen LogP contribution in [0, 0.1) is 29.5 Å². The molecule has 2 N–H and O–H groups in total. The molecule has 1 aromatic carbocycles. The lowest BCUT2D eigenvalue weighted by Gasteiger charge is -2.33. The minimum atomic E-state index is -0.457. The van der Waals surface area contributed by atoms with Crippen molar-refractivity contribution in [2.24, 2.45) is 11.8 Å². The lowest BCUT2D eigenvalue weighted by atomic mass is 9.72. The zero-order valence-corrected chi connectivity index (χ0v) is 23.1. The van der Waals surface area contributed by atoms with Crippen LogP contribution in [0.3, 0.4) is 0 Å². The van der Waals surface area contributed by atoms with Crippen LogP contribution in [0.15, 0.2) is 42.6 Å². The summed E-state index contributed by atoms with van der Waals surface area (Å²) in [5.74, 6) is 7.81. The number of hydrogen-bond donors (Lipinski definition) is 2. The number of carbonyl (C=O) groups is 2. The Hall–Kier alpha value is -3.77. The number of likely N-dealkylation sites (N-methyl/N-ethyl adjacent to an activating group) is 2. The predicted molar refractivity (Wildman–Crippen MR) is 151 cm³/mol. The van der Waals surface area contributed by atoms with Gasteiger partial charge in [-0.05, 0) is 76.9 Å². The molecule has 39 heavy (non-hydrogen) atoms. The van der Waals surface area contributed by atoms with Crippen LogP contribution in [0.25, 0.3) is 0 Å². The number of nitrogens with one attached hydrogen (secondary N) is 2. The molecule has 2 aliphatic carbocycles. The number of halogens is 1. The van der Waals surface area contributed by atoms with Gasteiger partial charge in [0.05, 0.1) is 17.8 Å². The van der Waals surface area contributed by atoms with E-state index in [2.05, 4.69) is 32.4 Å². The number of benzene rings is 1. The van der Waals surface area contributed by atoms with Gasteiger partial charge in [-0.3, -0.25) is 9.59 Å². The normalized spacial score (nSPS) is 19.1. The molecule has 2 aliphatic rings. The van der Waals surface area contributed by atoms with Crippen molar-refractivity contribution >= 4 is 29.1 Å². The minimum absolute atomic E-state index is 0.0804. The Morgan fingerprint density at radius 1 is 1.18 bits per heavy atom. The molecule has 0 unspecified atom stereocenters. The Kier molecular flexibility index (Phi) is 9.31. The summed E-state index contributed by atoms with van der Waals surface area (Å²) in [6.45, 7) is 2.46. The van der Waals surface area contributed by atoms with Crippen molar-refractivity contribution in [3.8, 4) is 11.8 Å². The van der Waals surface area contributed by atoms with Gasteiger partial charge in [0.25, 0.3) is 0 Å². The van der Waals surface area contributed by atoms with Crippen LogP contribution >= 0.6 is 0 Å². The van der Waals surface area contributed by atoms with Gasteiger partial charge in [-0.15, -0.1) is 0 Å². The van der Waals surface area contributed by atoms with E-state index >= 15 is 0 Å². The molecular weight excluding hydrogens is 495 g/mol. The summed E-state index contributed by atoms with van der Waals surface area (Å²) >= 11 is 0. The quantitative estimate of drug-likeness (QED) is 0.331. The van der Waals surface area contributed by atoms with E-state index in [1.807, 2.05) is 19.0 Å². The van der Waals surface area contributed by atoms with E-state index < -0.39 is 6.04 Å². The largest absolute Gasteiger partial charge is 0.366 e. The van der Waals surface area contributed by atoms with Gasteiger partial charge in [0.1, 0.15) is 11.6 Å². The second-order valence-electron chi connectivity index (χ2n) is 10.8. The molecule has 1 amide bonds. The third-order valence-corrected chi connectivity index (χ3v) is 7.07. The predicted octanol–water partition coefficient (Wildman–Crippen LogP) is 4.24. The smallest absolute Gasteiger partial charge is 0.246 e. The summed E-state index contributed by atoms with van der Waals surface area (Å²) in [5.41, 5.74) is 1.44. The highest BCUT2D eigenvalue weighted by atomic mass is 19.1. The van der Waals surface area contributed by atoms with Crippen molar-refractivity contribution in [3.05, 3.63) is 54.0 Å². The maximum Gasteiger partial charge on any atom is 0.246 e. The Morgan fingerprint density at radius 2 is 1.90 bits per heavy atom. The van der Waals surface area contributed by atoms with Gasteiger partial charge in [0.2, 0.25) is 11.9 Å². The molecular formula is C30H37FN6O2. The maximum atomic E-state index is 13.2. The van der Waals surface area contributed by atoms with Crippen LogP contribution in [0.1, 0.15) is 44.6 Å². The van der Waals surface area contributed by atoms with Crippen molar-refractivity contribution in [1.82, 2.24) is 19.8 Å². The van der Waals surface area contributed by atoms with Crippen molar-refractivity contribution in [2.45, 2.75) is 51.1 Å². The Bertz CT molecular complexity index is 1260. The average molecular weight is 533 g/mol. The number of hydrogen-bond acceptors (Lipinski definition) is 7. The fourth-order valence-electron chi connectivity index (χ4n) is 4.27. The van der Waals surface area contributed by atoms with Gasteiger partial charge < -0.3 is 20.4 Å². The summed E-state index contributed by atoms with van der Waals surface area (Å²) in [5, 5.41) is 6.53. The van der Waals surface area contributed by atoms with Crippen LogP contribution in [0.2, 0.25) is 0 Å². The van der Waals surface area contributed by atoms with Gasteiger partial charge in [0.15, 0.2) is 5.78 Å². The molecule has 206 valence electrons. The Morgan fingerprint density at radius 3 is 2.56 bits per heavy atom. The summed E-state index contributed by atoms with van der Waals surface area (Å²) in [6, 6.07) is 5.98. The standard InChI is InChI=1S/C30H37FN6O2/c1-20(37(4)28(39)6-5-15-36(2)3)27(38)18-22-16-21(17-22)7-8-23-19-32-30(35-29(23)33-25-13-14-25)34-26-11-9-24(31)10-12-26/h5-6,9-12,19-22,25H,13-18H2,1-4H3,(H2,32,33,34,35)/b6-5+/t20-,21?,22?/m0/s1. The molecule has 1 atom stereocenters. The van der Waals surface area contributed by atoms with Gasteiger partial charge in [-0.25, -0.2) is 9.37 Å². The minimum Gasteiger partial charge on any atom is -0.366 e. The van der Waals surface area contributed by atoms with E-state index in [4.69, 9.17) is 0 Å². The van der Waals surface area contributed by atoms with Crippen LogP contribution in [0.5, 0.6) is 0 Å². The number of anilines is 3. The van der Waals surface area contributed by atoms with E-state index in [0.29, 0.717) is 36.5 Å². The van der Waals surface area contributed by atoms with Crippen LogP contribution < -0.4 is 10.6 Å². The van der Waals surface area contributed by atoms with Crippen LogP contribution in [-0.2, 0) is 9.59 Å². The molecule has 1 heterocycles. The molecule has 0 aliphatic heterocycles. The number of carbonyl (C=O) groups excluding carboxylic acids is 2. The first kappa shape index (κ1) is 28.2. The summed E-state index contributed by atoms with van der Waals surface area (Å²) in [4.78, 5) is 37.6. The molecule has 0 bridgehead atoms. The Labute approximate surface area is 230 Å². The van der Waals surface area contributed by atoms with Crippen molar-refractivity contribution in [2.75, 3.05) is 38.3 Å². The average Bonchev–Trinajstić information content (AvgIpc) is 3.70. The number of nitrogens with zero attached hydrogens (tertiary/aromatic N) is 4. The van der Waals surface area contributed by atoms with Crippen molar-refractivity contribution < 1.29 is 14.0 Å².